The number of carbonyl (C=O) groups is 1. The number of carbonyl (C=O) groups excluding carboxylic acids is 1. The van der Waals surface area contributed by atoms with Crippen LogP contribution < -0.4 is 4.90 Å². The van der Waals surface area contributed by atoms with E-state index < -0.39 is 9.84 Å². The molecule has 4 rings (SSSR count). The van der Waals surface area contributed by atoms with Gasteiger partial charge in [0.25, 0.3) is 0 Å². The lowest BCUT2D eigenvalue weighted by atomic mass is 10.1. The second kappa shape index (κ2) is 12.2. The number of nitriles is 1. The first kappa shape index (κ1) is 28.1. The molecule has 0 radical (unpaired) electrons. The Kier molecular flexibility index (Phi) is 9.52. The SMILES string of the molecule is CS(=O)(=O)CC[C@H]1CN(c2cccc(I)c2)C(=O)CN1Cc1cncn1Cc1ccc(C#N)cc1.Cl. The Morgan fingerprint density at radius 3 is 2.58 bits per heavy atom. The standard InChI is InChI=1S/C25H26IN5O3S.ClH/c1-35(33,34)10-9-23-16-31(22-4-2-3-21(26)11-22)25(32)17-29(23)15-24-13-28-18-30(24)14-20-7-5-19(12-27)6-8-20;/h2-8,11,13,18,23H,9-10,14-17H2,1H3;1H/t23-;/m0./s1. The Bertz CT molecular complexity index is 1350. The number of hydrogen-bond donors (Lipinski definition) is 0. The summed E-state index contributed by atoms with van der Waals surface area (Å²) in [5.74, 6) is 0.0493. The van der Waals surface area contributed by atoms with Gasteiger partial charge in [-0.25, -0.2) is 13.4 Å². The minimum Gasteiger partial charge on any atom is -0.329 e. The molecule has 2 aromatic carbocycles. The molecular weight excluding hydrogens is 613 g/mol. The highest BCUT2D eigenvalue weighted by molar-refractivity contribution is 14.1. The van der Waals surface area contributed by atoms with Crippen LogP contribution >= 0.6 is 35.0 Å². The van der Waals surface area contributed by atoms with Crippen LogP contribution in [0.5, 0.6) is 0 Å². The van der Waals surface area contributed by atoms with E-state index >= 15 is 0 Å². The van der Waals surface area contributed by atoms with Gasteiger partial charge in [0.15, 0.2) is 0 Å². The smallest absolute Gasteiger partial charge is 0.241 e. The lowest BCUT2D eigenvalue weighted by Gasteiger charge is -2.41. The van der Waals surface area contributed by atoms with E-state index in [1.165, 1.54) is 6.26 Å². The normalized spacial score (nSPS) is 16.4. The van der Waals surface area contributed by atoms with Crippen molar-refractivity contribution >= 4 is 56.4 Å². The van der Waals surface area contributed by atoms with Crippen LogP contribution in [0.4, 0.5) is 5.69 Å². The lowest BCUT2D eigenvalue weighted by Crippen LogP contribution is -2.56. The Hall–Kier alpha value is -2.46. The molecule has 0 bridgehead atoms. The van der Waals surface area contributed by atoms with Crippen molar-refractivity contribution in [3.63, 3.8) is 0 Å². The van der Waals surface area contributed by atoms with E-state index in [0.29, 0.717) is 31.6 Å². The third kappa shape index (κ3) is 7.29. The summed E-state index contributed by atoms with van der Waals surface area (Å²) in [6.45, 7) is 1.70. The van der Waals surface area contributed by atoms with Crippen molar-refractivity contribution in [1.29, 1.82) is 5.26 Å². The van der Waals surface area contributed by atoms with Crippen LogP contribution in [0, 0.1) is 14.9 Å². The van der Waals surface area contributed by atoms with E-state index in [9.17, 15) is 13.2 Å². The van der Waals surface area contributed by atoms with Crippen LogP contribution in [-0.4, -0.2) is 59.9 Å². The van der Waals surface area contributed by atoms with Crippen LogP contribution in [0.3, 0.4) is 0 Å². The predicted octanol–water partition coefficient (Wildman–Crippen LogP) is 3.48. The van der Waals surface area contributed by atoms with E-state index in [0.717, 1.165) is 20.5 Å². The Labute approximate surface area is 231 Å². The molecule has 0 unspecified atom stereocenters. The van der Waals surface area contributed by atoms with Crippen molar-refractivity contribution in [1.82, 2.24) is 14.5 Å². The van der Waals surface area contributed by atoms with Gasteiger partial charge >= 0.3 is 0 Å². The van der Waals surface area contributed by atoms with Crippen LogP contribution in [-0.2, 0) is 27.7 Å². The Morgan fingerprint density at radius 2 is 1.92 bits per heavy atom. The van der Waals surface area contributed by atoms with Gasteiger partial charge in [-0.15, -0.1) is 12.4 Å². The number of nitrogens with zero attached hydrogens (tertiary/aromatic N) is 5. The van der Waals surface area contributed by atoms with Gasteiger partial charge in [-0.05, 0) is 64.9 Å². The third-order valence-electron chi connectivity index (χ3n) is 6.09. The molecule has 190 valence electrons. The van der Waals surface area contributed by atoms with Crippen molar-refractivity contribution in [2.24, 2.45) is 0 Å². The highest BCUT2D eigenvalue weighted by Crippen LogP contribution is 2.25. The average molecular weight is 640 g/mol. The number of benzene rings is 2. The van der Waals surface area contributed by atoms with Gasteiger partial charge in [0.05, 0.1) is 36.0 Å². The Morgan fingerprint density at radius 1 is 1.17 bits per heavy atom. The van der Waals surface area contributed by atoms with Crippen molar-refractivity contribution < 1.29 is 13.2 Å². The van der Waals surface area contributed by atoms with Gasteiger partial charge in [-0.2, -0.15) is 5.26 Å². The van der Waals surface area contributed by atoms with E-state index in [-0.39, 0.29) is 36.7 Å². The van der Waals surface area contributed by atoms with Crippen LogP contribution in [0.1, 0.15) is 23.2 Å². The first-order valence-corrected chi connectivity index (χ1v) is 14.3. The number of hydrogen-bond acceptors (Lipinski definition) is 6. The minimum absolute atomic E-state index is 0. The molecule has 36 heavy (non-hydrogen) atoms. The summed E-state index contributed by atoms with van der Waals surface area (Å²) in [4.78, 5) is 21.3. The van der Waals surface area contributed by atoms with Crippen molar-refractivity contribution in [2.45, 2.75) is 25.6 Å². The van der Waals surface area contributed by atoms with Gasteiger partial charge in [-0.3, -0.25) is 9.69 Å². The summed E-state index contributed by atoms with van der Waals surface area (Å²) in [7, 11) is -3.14. The maximum absolute atomic E-state index is 13.1. The molecule has 1 atom stereocenters. The molecule has 1 amide bonds. The number of rotatable bonds is 8. The largest absolute Gasteiger partial charge is 0.329 e. The van der Waals surface area contributed by atoms with Crippen molar-refractivity contribution in [3.8, 4) is 6.07 Å². The average Bonchev–Trinajstić information content (AvgIpc) is 3.25. The number of anilines is 1. The van der Waals surface area contributed by atoms with E-state index in [1.807, 2.05) is 41.0 Å². The van der Waals surface area contributed by atoms with E-state index in [2.05, 4.69) is 38.5 Å². The number of sulfone groups is 1. The number of aromatic nitrogens is 2. The Balaban J connectivity index is 0.00000361. The first-order valence-electron chi connectivity index (χ1n) is 11.2. The summed E-state index contributed by atoms with van der Waals surface area (Å²) >= 11 is 2.22. The highest BCUT2D eigenvalue weighted by Gasteiger charge is 2.33. The molecule has 2 heterocycles. The molecular formula is C25H27ClIN5O3S. The molecule has 0 N–H and O–H groups in total. The zero-order valence-electron chi connectivity index (χ0n) is 19.7. The predicted molar refractivity (Wildman–Crippen MR) is 150 cm³/mol. The molecule has 0 aliphatic carbocycles. The maximum Gasteiger partial charge on any atom is 0.241 e. The highest BCUT2D eigenvalue weighted by atomic mass is 127. The monoisotopic (exact) mass is 639 g/mol. The number of amides is 1. The molecule has 11 heteroatoms. The second-order valence-corrected chi connectivity index (χ2v) is 12.3. The van der Waals surface area contributed by atoms with E-state index in [4.69, 9.17) is 5.26 Å². The summed E-state index contributed by atoms with van der Waals surface area (Å²) in [5, 5.41) is 9.02. The number of imidazole rings is 1. The fourth-order valence-corrected chi connectivity index (χ4v) is 5.46. The van der Waals surface area contributed by atoms with Crippen LogP contribution in [0.2, 0.25) is 0 Å². The summed E-state index contributed by atoms with van der Waals surface area (Å²) < 4.78 is 26.9. The molecule has 0 saturated carbocycles. The quantitative estimate of drug-likeness (QED) is 0.350. The van der Waals surface area contributed by atoms with Gasteiger partial charge in [-0.1, -0.05) is 18.2 Å². The zero-order chi connectivity index (χ0) is 25.0. The molecule has 1 aliphatic heterocycles. The second-order valence-electron chi connectivity index (χ2n) is 8.78. The maximum atomic E-state index is 13.1. The molecule has 8 nitrogen and oxygen atoms in total. The number of piperazine rings is 1. The molecule has 1 fully saturated rings. The molecule has 0 spiro atoms. The molecule has 1 saturated heterocycles. The molecule has 3 aromatic rings. The fourth-order valence-electron chi connectivity index (χ4n) is 4.23. The summed E-state index contributed by atoms with van der Waals surface area (Å²) in [6.07, 6.45) is 5.22. The zero-order valence-corrected chi connectivity index (χ0v) is 23.5. The number of halogens is 2. The van der Waals surface area contributed by atoms with Gasteiger partial charge in [0.1, 0.15) is 9.84 Å². The summed E-state index contributed by atoms with van der Waals surface area (Å²) in [5.41, 5.74) is 3.42. The minimum atomic E-state index is -3.14. The van der Waals surface area contributed by atoms with Crippen molar-refractivity contribution in [3.05, 3.63) is 81.4 Å². The summed E-state index contributed by atoms with van der Waals surface area (Å²) in [6, 6.07) is 17.2. The van der Waals surface area contributed by atoms with Gasteiger partial charge < -0.3 is 9.47 Å². The van der Waals surface area contributed by atoms with E-state index in [1.54, 1.807) is 29.6 Å². The lowest BCUT2D eigenvalue weighted by molar-refractivity contribution is -0.122. The fraction of sp³-hybridized carbons (Fsp3) is 0.320. The molecule has 1 aromatic heterocycles. The van der Waals surface area contributed by atoms with Crippen molar-refractivity contribution in [2.75, 3.05) is 30.0 Å². The van der Waals surface area contributed by atoms with Gasteiger partial charge in [0, 0.05) is 47.4 Å². The topological polar surface area (TPSA) is 99.3 Å². The third-order valence-corrected chi connectivity index (χ3v) is 7.74. The molecule has 1 aliphatic rings. The van der Waals surface area contributed by atoms with Crippen LogP contribution in [0.25, 0.3) is 0 Å². The first-order chi connectivity index (χ1) is 16.7. The van der Waals surface area contributed by atoms with Crippen LogP contribution in [0.15, 0.2) is 61.1 Å². The van der Waals surface area contributed by atoms with Gasteiger partial charge in [0.2, 0.25) is 5.91 Å².